The fraction of sp³-hybridized carbons (Fsp3) is 0.500. The molecule has 0 radical (unpaired) electrons. The molecule has 1 heterocycles. The molecule has 0 aromatic rings. The van der Waals surface area contributed by atoms with Crippen molar-refractivity contribution in [3.05, 3.63) is 0 Å². The van der Waals surface area contributed by atoms with Gasteiger partial charge in [-0.15, -0.1) is 11.6 Å². The molecule has 0 saturated carbocycles. The summed E-state index contributed by atoms with van der Waals surface area (Å²) in [5.74, 6) is -0.372. The van der Waals surface area contributed by atoms with Crippen molar-refractivity contribution in [2.24, 2.45) is 5.10 Å². The van der Waals surface area contributed by atoms with Crippen molar-refractivity contribution in [1.29, 1.82) is 0 Å². The molecule has 0 atom stereocenters. The van der Waals surface area contributed by atoms with Gasteiger partial charge in [-0.25, -0.2) is 11.0 Å². The molecular formula is C4H8ClN5O. The lowest BCUT2D eigenvalue weighted by Gasteiger charge is -2.21. The van der Waals surface area contributed by atoms with E-state index in [1.54, 1.807) is 12.1 Å². The van der Waals surface area contributed by atoms with E-state index in [1.807, 2.05) is 0 Å². The minimum atomic E-state index is -0.295. The number of hydrogen-bond donors (Lipinski definition) is 2. The molecule has 2 N–H and O–H groups in total. The van der Waals surface area contributed by atoms with Crippen molar-refractivity contribution >= 4 is 23.8 Å². The maximum atomic E-state index is 10.7. The van der Waals surface area contributed by atoms with E-state index in [0.29, 0.717) is 0 Å². The lowest BCUT2D eigenvalue weighted by Crippen LogP contribution is -2.53. The number of hydrazine groups is 3. The summed E-state index contributed by atoms with van der Waals surface area (Å²) in [7, 11) is 1.72. The molecule has 0 aliphatic carbocycles. The Morgan fingerprint density at radius 2 is 2.64 bits per heavy atom. The van der Waals surface area contributed by atoms with Crippen LogP contribution >= 0.6 is 11.6 Å². The molecule has 1 rings (SSSR count). The standard InChI is InChI=1S/C4H8ClN5O/c1-9-3-6-8-10(9)7-4(11)2-5/h3,8H,2H2,1H3,(H,7,11). The van der Waals surface area contributed by atoms with Gasteiger partial charge in [-0.2, -0.15) is 5.10 Å². The molecule has 0 fully saturated rings. The number of halogens is 1. The first-order valence-corrected chi connectivity index (χ1v) is 3.44. The van der Waals surface area contributed by atoms with E-state index < -0.39 is 0 Å². The van der Waals surface area contributed by atoms with E-state index in [9.17, 15) is 4.79 Å². The van der Waals surface area contributed by atoms with Crippen LogP contribution in [0.4, 0.5) is 0 Å². The Morgan fingerprint density at radius 3 is 3.09 bits per heavy atom. The third-order valence-corrected chi connectivity index (χ3v) is 1.29. The normalized spacial score (nSPS) is 16.7. The molecule has 0 aromatic carbocycles. The largest absolute Gasteiger partial charge is 0.272 e. The SMILES string of the molecule is CN1C=NNN1NC(=O)CCl. The zero-order valence-electron chi connectivity index (χ0n) is 5.91. The molecular weight excluding hydrogens is 170 g/mol. The zero-order chi connectivity index (χ0) is 8.27. The number of hydrogen-bond acceptors (Lipinski definition) is 5. The van der Waals surface area contributed by atoms with Gasteiger partial charge in [0.05, 0.1) is 0 Å². The summed E-state index contributed by atoms with van der Waals surface area (Å²) in [5, 5.41) is 6.52. The van der Waals surface area contributed by atoms with E-state index in [2.05, 4.69) is 16.1 Å². The van der Waals surface area contributed by atoms with Gasteiger partial charge in [-0.1, -0.05) is 0 Å². The molecule has 1 aliphatic rings. The number of nitrogens with zero attached hydrogens (tertiary/aromatic N) is 3. The summed E-state index contributed by atoms with van der Waals surface area (Å²) < 4.78 is 0. The lowest BCUT2D eigenvalue weighted by atomic mass is 10.7. The summed E-state index contributed by atoms with van der Waals surface area (Å²) in [6.07, 6.45) is 1.51. The monoisotopic (exact) mass is 177 g/mol. The molecule has 0 spiro atoms. The van der Waals surface area contributed by atoms with E-state index in [4.69, 9.17) is 11.6 Å². The van der Waals surface area contributed by atoms with Crippen LogP contribution in [0, 0.1) is 0 Å². The van der Waals surface area contributed by atoms with Crippen LogP contribution in [0.3, 0.4) is 0 Å². The molecule has 11 heavy (non-hydrogen) atoms. The molecule has 7 heteroatoms. The highest BCUT2D eigenvalue weighted by Gasteiger charge is 2.14. The second-order valence-electron chi connectivity index (χ2n) is 1.90. The summed E-state index contributed by atoms with van der Waals surface area (Å²) in [6.45, 7) is 0. The van der Waals surface area contributed by atoms with Crippen LogP contribution in [0.1, 0.15) is 0 Å². The van der Waals surface area contributed by atoms with Crippen LogP contribution < -0.4 is 11.0 Å². The smallest absolute Gasteiger partial charge is 0.252 e. The Bertz CT molecular complexity index is 183. The third-order valence-electron chi connectivity index (χ3n) is 1.04. The van der Waals surface area contributed by atoms with Crippen LogP contribution in [0.2, 0.25) is 0 Å². The fourth-order valence-electron chi connectivity index (χ4n) is 0.538. The quantitative estimate of drug-likeness (QED) is 0.524. The number of carbonyl (C=O) groups is 1. The summed E-state index contributed by atoms with van der Waals surface area (Å²) in [6, 6.07) is 0. The third kappa shape index (κ3) is 1.95. The van der Waals surface area contributed by atoms with E-state index in [-0.39, 0.29) is 11.8 Å². The average molecular weight is 178 g/mol. The van der Waals surface area contributed by atoms with Crippen LogP contribution in [0.25, 0.3) is 0 Å². The van der Waals surface area contributed by atoms with Crippen molar-refractivity contribution in [2.75, 3.05) is 12.9 Å². The van der Waals surface area contributed by atoms with E-state index in [1.165, 1.54) is 11.6 Å². The number of alkyl halides is 1. The van der Waals surface area contributed by atoms with Crippen LogP contribution in [0.15, 0.2) is 5.10 Å². The van der Waals surface area contributed by atoms with E-state index >= 15 is 0 Å². The predicted octanol–water partition coefficient (Wildman–Crippen LogP) is -1.13. The second kappa shape index (κ2) is 3.40. The van der Waals surface area contributed by atoms with Crippen molar-refractivity contribution in [2.45, 2.75) is 0 Å². The van der Waals surface area contributed by atoms with Crippen molar-refractivity contribution in [1.82, 2.24) is 21.2 Å². The van der Waals surface area contributed by atoms with Gasteiger partial charge < -0.3 is 0 Å². The van der Waals surface area contributed by atoms with Crippen molar-refractivity contribution in [3.8, 4) is 0 Å². The number of hydrazone groups is 1. The summed E-state index contributed by atoms with van der Waals surface area (Å²) in [4.78, 5) is 10.7. The van der Waals surface area contributed by atoms with Gasteiger partial charge in [0.25, 0.3) is 5.91 Å². The average Bonchev–Trinajstić information content (AvgIpc) is 2.37. The number of carbonyl (C=O) groups excluding carboxylic acids is 1. The van der Waals surface area contributed by atoms with Gasteiger partial charge in [0, 0.05) is 7.05 Å². The Kier molecular flexibility index (Phi) is 2.50. The highest BCUT2D eigenvalue weighted by atomic mass is 35.5. The highest BCUT2D eigenvalue weighted by Crippen LogP contribution is 1.89. The molecule has 0 unspecified atom stereocenters. The lowest BCUT2D eigenvalue weighted by molar-refractivity contribution is -0.131. The van der Waals surface area contributed by atoms with Gasteiger partial charge in [0.2, 0.25) is 0 Å². The molecule has 1 amide bonds. The summed E-state index contributed by atoms with van der Waals surface area (Å²) >= 11 is 5.25. The maximum Gasteiger partial charge on any atom is 0.252 e. The van der Waals surface area contributed by atoms with Gasteiger partial charge in [-0.3, -0.25) is 9.80 Å². The molecule has 0 aromatic heterocycles. The van der Waals surface area contributed by atoms with Gasteiger partial charge in [0.15, 0.2) is 0 Å². The number of rotatable bonds is 2. The van der Waals surface area contributed by atoms with Gasteiger partial charge in [0.1, 0.15) is 12.2 Å². The predicted molar refractivity (Wildman–Crippen MR) is 40.1 cm³/mol. The number of nitrogens with one attached hydrogen (secondary N) is 2. The minimum Gasteiger partial charge on any atom is -0.272 e. The first kappa shape index (κ1) is 8.09. The molecule has 1 aliphatic heterocycles. The van der Waals surface area contributed by atoms with Crippen molar-refractivity contribution < 1.29 is 4.79 Å². The van der Waals surface area contributed by atoms with Crippen LogP contribution in [0.5, 0.6) is 0 Å². The maximum absolute atomic E-state index is 10.7. The number of amides is 1. The molecule has 0 bridgehead atoms. The van der Waals surface area contributed by atoms with Gasteiger partial charge in [-0.05, 0) is 5.23 Å². The Labute approximate surface area is 68.7 Å². The van der Waals surface area contributed by atoms with Crippen molar-refractivity contribution in [3.63, 3.8) is 0 Å². The van der Waals surface area contributed by atoms with Crippen LogP contribution in [-0.2, 0) is 4.79 Å². The van der Waals surface area contributed by atoms with Crippen LogP contribution in [-0.4, -0.2) is 35.4 Å². The van der Waals surface area contributed by atoms with Gasteiger partial charge >= 0.3 is 0 Å². The Balaban J connectivity index is 2.33. The second-order valence-corrected chi connectivity index (χ2v) is 2.17. The Morgan fingerprint density at radius 1 is 1.91 bits per heavy atom. The van der Waals surface area contributed by atoms with E-state index in [0.717, 1.165) is 0 Å². The summed E-state index contributed by atoms with van der Waals surface area (Å²) in [5.41, 5.74) is 4.94. The molecule has 6 nitrogen and oxygen atoms in total. The molecule has 0 saturated heterocycles. The molecule has 62 valence electrons. The highest BCUT2D eigenvalue weighted by molar-refractivity contribution is 6.27. The topological polar surface area (TPSA) is 60.0 Å². The first-order chi connectivity index (χ1) is 5.24. The fourth-order valence-corrected chi connectivity index (χ4v) is 0.598. The first-order valence-electron chi connectivity index (χ1n) is 2.91. The minimum absolute atomic E-state index is 0.0774. The Hall–Kier alpha value is -1.01. The zero-order valence-corrected chi connectivity index (χ0v) is 6.67.